The van der Waals surface area contributed by atoms with E-state index in [1.54, 1.807) is 6.07 Å². The first kappa shape index (κ1) is 11.4. The van der Waals surface area contributed by atoms with Gasteiger partial charge >= 0.3 is 5.97 Å². The summed E-state index contributed by atoms with van der Waals surface area (Å²) in [7, 11) is 0. The van der Waals surface area contributed by atoms with Gasteiger partial charge in [0.1, 0.15) is 5.56 Å². The minimum atomic E-state index is -1.27. The van der Waals surface area contributed by atoms with Gasteiger partial charge in [0.05, 0.1) is 4.92 Å². The molecule has 0 amide bonds. The fourth-order valence-electron chi connectivity index (χ4n) is 2.03. The highest BCUT2D eigenvalue weighted by atomic mass is 16.6. The molecule has 0 saturated carbocycles. The van der Waals surface area contributed by atoms with Crippen LogP contribution in [-0.4, -0.2) is 29.1 Å². The lowest BCUT2D eigenvalue weighted by molar-refractivity contribution is -0.385. The van der Waals surface area contributed by atoms with E-state index in [0.29, 0.717) is 0 Å². The number of aromatic carboxylic acids is 1. The fraction of sp³-hybridized carbons (Fsp3) is 0.364. The van der Waals surface area contributed by atoms with Crippen LogP contribution in [0.15, 0.2) is 18.2 Å². The summed E-state index contributed by atoms with van der Waals surface area (Å²) in [5.74, 6) is -1.27. The van der Waals surface area contributed by atoms with E-state index in [-0.39, 0.29) is 11.3 Å². The molecule has 17 heavy (non-hydrogen) atoms. The first-order valence-electron chi connectivity index (χ1n) is 5.36. The number of hydrogen-bond acceptors (Lipinski definition) is 4. The van der Waals surface area contributed by atoms with E-state index in [1.165, 1.54) is 12.1 Å². The first-order valence-corrected chi connectivity index (χ1v) is 5.36. The molecule has 1 N–H and O–H groups in total. The lowest BCUT2D eigenvalue weighted by atomic mass is 10.1. The Labute approximate surface area is 97.6 Å². The zero-order chi connectivity index (χ0) is 12.4. The van der Waals surface area contributed by atoms with Crippen LogP contribution in [0.25, 0.3) is 0 Å². The van der Waals surface area contributed by atoms with E-state index < -0.39 is 10.9 Å². The Morgan fingerprint density at radius 3 is 2.53 bits per heavy atom. The highest BCUT2D eigenvalue weighted by molar-refractivity contribution is 5.93. The number of carboxylic acid groups (broad SMARTS) is 1. The van der Waals surface area contributed by atoms with E-state index in [9.17, 15) is 14.9 Å². The van der Waals surface area contributed by atoms with Crippen molar-refractivity contribution in [2.24, 2.45) is 0 Å². The van der Waals surface area contributed by atoms with Crippen LogP contribution in [0.3, 0.4) is 0 Å². The Morgan fingerprint density at radius 1 is 1.35 bits per heavy atom. The van der Waals surface area contributed by atoms with Gasteiger partial charge in [-0.05, 0) is 25.0 Å². The third-order valence-corrected chi connectivity index (χ3v) is 2.88. The minimum Gasteiger partial charge on any atom is -0.477 e. The molecule has 0 spiro atoms. The number of nitro benzene ring substituents is 1. The molecule has 1 aromatic carbocycles. The normalized spacial score (nSPS) is 14.9. The van der Waals surface area contributed by atoms with Gasteiger partial charge < -0.3 is 10.0 Å². The Bertz CT molecular complexity index is 467. The third-order valence-electron chi connectivity index (χ3n) is 2.88. The zero-order valence-electron chi connectivity index (χ0n) is 9.13. The molecule has 90 valence electrons. The van der Waals surface area contributed by atoms with E-state index in [4.69, 9.17) is 5.11 Å². The number of carbonyl (C=O) groups is 1. The molecule has 1 aliphatic rings. The second-order valence-electron chi connectivity index (χ2n) is 3.96. The molecule has 1 aromatic rings. The maximum atomic E-state index is 11.0. The second-order valence-corrected chi connectivity index (χ2v) is 3.96. The van der Waals surface area contributed by atoms with E-state index in [0.717, 1.165) is 31.6 Å². The van der Waals surface area contributed by atoms with Gasteiger partial charge in [0.2, 0.25) is 0 Å². The van der Waals surface area contributed by atoms with Gasteiger partial charge in [-0.2, -0.15) is 0 Å². The van der Waals surface area contributed by atoms with Crippen LogP contribution in [0.2, 0.25) is 0 Å². The predicted molar refractivity (Wildman–Crippen MR) is 61.5 cm³/mol. The second kappa shape index (κ2) is 4.40. The average molecular weight is 236 g/mol. The smallest absolute Gasteiger partial charge is 0.342 e. The number of benzene rings is 1. The SMILES string of the molecule is O=C(O)c1cc(N2CCCC2)ccc1[N+](=O)[O-]. The van der Waals surface area contributed by atoms with Crippen molar-refractivity contribution in [1.82, 2.24) is 0 Å². The standard InChI is InChI=1S/C11H12N2O4/c14-11(15)9-7-8(12-5-1-2-6-12)3-4-10(9)13(16)17/h3-4,7H,1-2,5-6H2,(H,14,15). The van der Waals surface area contributed by atoms with Crippen molar-refractivity contribution in [3.05, 3.63) is 33.9 Å². The summed E-state index contributed by atoms with van der Waals surface area (Å²) in [4.78, 5) is 23.0. The molecule has 1 aliphatic heterocycles. The van der Waals surface area contributed by atoms with Crippen molar-refractivity contribution < 1.29 is 14.8 Å². The maximum absolute atomic E-state index is 11.0. The average Bonchev–Trinajstić information content (AvgIpc) is 2.81. The summed E-state index contributed by atoms with van der Waals surface area (Å²) in [5.41, 5.74) is 0.130. The quantitative estimate of drug-likeness (QED) is 0.640. The number of rotatable bonds is 3. The molecule has 0 radical (unpaired) electrons. The lowest BCUT2D eigenvalue weighted by Crippen LogP contribution is -2.18. The minimum absolute atomic E-state index is 0.251. The molecule has 0 atom stereocenters. The van der Waals surface area contributed by atoms with Crippen molar-refractivity contribution in [2.75, 3.05) is 18.0 Å². The van der Waals surface area contributed by atoms with E-state index >= 15 is 0 Å². The molecule has 1 heterocycles. The Morgan fingerprint density at radius 2 is 2.00 bits per heavy atom. The maximum Gasteiger partial charge on any atom is 0.342 e. The zero-order valence-corrected chi connectivity index (χ0v) is 9.13. The Balaban J connectivity index is 2.41. The van der Waals surface area contributed by atoms with Crippen molar-refractivity contribution in [3.8, 4) is 0 Å². The number of anilines is 1. The molecule has 6 heteroatoms. The number of hydrogen-bond donors (Lipinski definition) is 1. The molecular weight excluding hydrogens is 224 g/mol. The summed E-state index contributed by atoms with van der Waals surface area (Å²) >= 11 is 0. The van der Waals surface area contributed by atoms with Crippen molar-refractivity contribution >= 4 is 17.3 Å². The first-order chi connectivity index (χ1) is 8.09. The topological polar surface area (TPSA) is 83.7 Å². The molecule has 0 aromatic heterocycles. The fourth-order valence-corrected chi connectivity index (χ4v) is 2.03. The van der Waals surface area contributed by atoms with Crippen molar-refractivity contribution in [2.45, 2.75) is 12.8 Å². The van der Waals surface area contributed by atoms with Crippen LogP contribution in [0.1, 0.15) is 23.2 Å². The Kier molecular flexibility index (Phi) is 2.95. The number of nitro groups is 1. The van der Waals surface area contributed by atoms with Gasteiger partial charge in [-0.25, -0.2) is 4.79 Å². The van der Waals surface area contributed by atoms with Crippen LogP contribution in [0, 0.1) is 10.1 Å². The molecule has 0 aliphatic carbocycles. The van der Waals surface area contributed by atoms with Crippen LogP contribution in [0.4, 0.5) is 11.4 Å². The summed E-state index contributed by atoms with van der Waals surface area (Å²) in [6.07, 6.45) is 2.14. The molecule has 1 fully saturated rings. The van der Waals surface area contributed by atoms with Gasteiger partial charge in [-0.3, -0.25) is 10.1 Å². The summed E-state index contributed by atoms with van der Waals surface area (Å²) in [6, 6.07) is 4.25. The van der Waals surface area contributed by atoms with Crippen LogP contribution in [0.5, 0.6) is 0 Å². The summed E-state index contributed by atoms with van der Waals surface area (Å²) in [5, 5.41) is 19.6. The van der Waals surface area contributed by atoms with E-state index in [2.05, 4.69) is 0 Å². The highest BCUT2D eigenvalue weighted by Crippen LogP contribution is 2.27. The molecule has 1 saturated heterocycles. The summed E-state index contributed by atoms with van der Waals surface area (Å²) < 4.78 is 0. The van der Waals surface area contributed by atoms with Gasteiger partial charge in [0.25, 0.3) is 5.69 Å². The van der Waals surface area contributed by atoms with Gasteiger partial charge in [0.15, 0.2) is 0 Å². The molecule has 2 rings (SSSR count). The Hall–Kier alpha value is -2.11. The van der Waals surface area contributed by atoms with Crippen LogP contribution in [-0.2, 0) is 0 Å². The largest absolute Gasteiger partial charge is 0.477 e. The van der Waals surface area contributed by atoms with Gasteiger partial charge in [-0.15, -0.1) is 0 Å². The van der Waals surface area contributed by atoms with Crippen molar-refractivity contribution in [1.29, 1.82) is 0 Å². The lowest BCUT2D eigenvalue weighted by Gasteiger charge is -2.17. The van der Waals surface area contributed by atoms with Crippen LogP contribution < -0.4 is 4.90 Å². The molecule has 0 bridgehead atoms. The molecular formula is C11H12N2O4. The van der Waals surface area contributed by atoms with Gasteiger partial charge in [0, 0.05) is 24.8 Å². The molecule has 6 nitrogen and oxygen atoms in total. The highest BCUT2D eigenvalue weighted by Gasteiger charge is 2.22. The van der Waals surface area contributed by atoms with Gasteiger partial charge in [-0.1, -0.05) is 0 Å². The summed E-state index contributed by atoms with van der Waals surface area (Å²) in [6.45, 7) is 1.74. The van der Waals surface area contributed by atoms with E-state index in [1.807, 2.05) is 4.90 Å². The molecule has 0 unspecified atom stereocenters. The van der Waals surface area contributed by atoms with Crippen LogP contribution >= 0.6 is 0 Å². The number of carboxylic acids is 1. The predicted octanol–water partition coefficient (Wildman–Crippen LogP) is 1.89. The third kappa shape index (κ3) is 2.20. The van der Waals surface area contributed by atoms with Crippen molar-refractivity contribution in [3.63, 3.8) is 0 Å². The number of nitrogens with zero attached hydrogens (tertiary/aromatic N) is 2. The monoisotopic (exact) mass is 236 g/mol.